The van der Waals surface area contributed by atoms with Crippen molar-refractivity contribution >= 4 is 5.91 Å². The lowest BCUT2D eigenvalue weighted by atomic mass is 9.77. The Balaban J connectivity index is 1.94. The quantitative estimate of drug-likeness (QED) is 0.758. The third kappa shape index (κ3) is 1.11. The minimum Gasteiger partial charge on any atom is -0.366 e. The summed E-state index contributed by atoms with van der Waals surface area (Å²) in [6, 6.07) is 7.57. The molecule has 1 saturated carbocycles. The Morgan fingerprint density at radius 3 is 2.67 bits per heavy atom. The first-order valence-electron chi connectivity index (χ1n) is 6.85. The Labute approximate surface area is 106 Å². The van der Waals surface area contributed by atoms with Gasteiger partial charge in [-0.2, -0.15) is 0 Å². The van der Waals surface area contributed by atoms with Gasteiger partial charge in [-0.25, -0.2) is 0 Å². The summed E-state index contributed by atoms with van der Waals surface area (Å²) in [4.78, 5) is 14.2. The number of fused-ring (bicyclic) bond motifs is 3. The van der Waals surface area contributed by atoms with Crippen molar-refractivity contribution in [3.8, 4) is 0 Å². The summed E-state index contributed by atoms with van der Waals surface area (Å²) in [6.45, 7) is 0.723. The summed E-state index contributed by atoms with van der Waals surface area (Å²) in [5, 5.41) is 11.2. The van der Waals surface area contributed by atoms with E-state index >= 15 is 0 Å². The van der Waals surface area contributed by atoms with E-state index in [-0.39, 0.29) is 11.8 Å². The fourth-order valence-corrected chi connectivity index (χ4v) is 4.10. The van der Waals surface area contributed by atoms with Crippen LogP contribution in [-0.4, -0.2) is 22.5 Å². The van der Waals surface area contributed by atoms with E-state index in [1.165, 1.54) is 0 Å². The van der Waals surface area contributed by atoms with E-state index in [9.17, 15) is 9.90 Å². The van der Waals surface area contributed by atoms with Gasteiger partial charge in [0.25, 0.3) is 5.91 Å². The Kier molecular flexibility index (Phi) is 1.97. The summed E-state index contributed by atoms with van der Waals surface area (Å²) in [6.07, 6.45) is 4.39. The van der Waals surface area contributed by atoms with Crippen LogP contribution in [0.15, 0.2) is 24.3 Å². The van der Waals surface area contributed by atoms with Crippen LogP contribution in [0.4, 0.5) is 0 Å². The van der Waals surface area contributed by atoms with Gasteiger partial charge in [0.15, 0.2) is 5.72 Å². The van der Waals surface area contributed by atoms with Crippen molar-refractivity contribution in [2.75, 3.05) is 6.54 Å². The van der Waals surface area contributed by atoms with Crippen LogP contribution >= 0.6 is 0 Å². The number of carbonyl (C=O) groups excluding carboxylic acids is 1. The number of hydrogen-bond acceptors (Lipinski definition) is 2. The maximum absolute atomic E-state index is 12.5. The van der Waals surface area contributed by atoms with Crippen molar-refractivity contribution in [3.63, 3.8) is 0 Å². The standard InChI is InChI=1S/C15H17NO2/c17-14-12-3-1-2-4-13(12)15(18)11-7-5-10(6-8-11)9-16(14)15/h1-4,10-11,18H,5-9H2. The van der Waals surface area contributed by atoms with E-state index in [0.717, 1.165) is 37.8 Å². The van der Waals surface area contributed by atoms with E-state index in [1.807, 2.05) is 24.3 Å². The summed E-state index contributed by atoms with van der Waals surface area (Å²) in [5.74, 6) is 0.810. The molecule has 2 bridgehead atoms. The molecule has 1 amide bonds. The fourth-order valence-electron chi connectivity index (χ4n) is 4.10. The van der Waals surface area contributed by atoms with Gasteiger partial charge in [0.1, 0.15) is 0 Å². The van der Waals surface area contributed by atoms with E-state index in [1.54, 1.807) is 4.90 Å². The molecule has 1 aliphatic carbocycles. The molecule has 18 heavy (non-hydrogen) atoms. The zero-order valence-corrected chi connectivity index (χ0v) is 10.3. The number of carbonyl (C=O) groups is 1. The monoisotopic (exact) mass is 243 g/mol. The molecule has 3 aliphatic heterocycles. The maximum Gasteiger partial charge on any atom is 0.256 e. The van der Waals surface area contributed by atoms with Crippen LogP contribution < -0.4 is 0 Å². The third-order valence-corrected chi connectivity index (χ3v) is 5.07. The second-order valence-electron chi connectivity index (χ2n) is 5.91. The summed E-state index contributed by atoms with van der Waals surface area (Å²) in [7, 11) is 0. The molecule has 0 radical (unpaired) electrons. The number of hydrogen-bond donors (Lipinski definition) is 1. The predicted octanol–water partition coefficient (Wildman–Crippen LogP) is 2.11. The minimum atomic E-state index is -1.03. The van der Waals surface area contributed by atoms with Crippen molar-refractivity contribution < 1.29 is 9.90 Å². The maximum atomic E-state index is 12.5. The average molecular weight is 243 g/mol. The van der Waals surface area contributed by atoms with Crippen LogP contribution in [0.2, 0.25) is 0 Å². The number of rotatable bonds is 0. The van der Waals surface area contributed by atoms with Gasteiger partial charge < -0.3 is 10.0 Å². The molecule has 1 N–H and O–H groups in total. The first-order chi connectivity index (χ1) is 8.71. The van der Waals surface area contributed by atoms with Crippen molar-refractivity contribution in [2.24, 2.45) is 11.8 Å². The van der Waals surface area contributed by atoms with Gasteiger partial charge in [0.05, 0.1) is 0 Å². The van der Waals surface area contributed by atoms with Gasteiger partial charge in [-0.05, 0) is 37.7 Å². The summed E-state index contributed by atoms with van der Waals surface area (Å²) >= 11 is 0. The van der Waals surface area contributed by atoms with Gasteiger partial charge in [-0.1, -0.05) is 18.2 Å². The molecule has 1 unspecified atom stereocenters. The van der Waals surface area contributed by atoms with Crippen LogP contribution in [0, 0.1) is 11.8 Å². The van der Waals surface area contributed by atoms with Crippen LogP contribution in [0.1, 0.15) is 41.6 Å². The molecular weight excluding hydrogens is 226 g/mol. The van der Waals surface area contributed by atoms with Gasteiger partial charge in [-0.15, -0.1) is 0 Å². The van der Waals surface area contributed by atoms with Gasteiger partial charge in [-0.3, -0.25) is 4.79 Å². The highest BCUT2D eigenvalue weighted by Gasteiger charge is 2.56. The molecule has 1 atom stereocenters. The highest BCUT2D eigenvalue weighted by atomic mass is 16.3. The second kappa shape index (κ2) is 3.35. The largest absolute Gasteiger partial charge is 0.366 e. The molecule has 0 aromatic heterocycles. The predicted molar refractivity (Wildman–Crippen MR) is 66.8 cm³/mol. The highest BCUT2D eigenvalue weighted by molar-refractivity contribution is 5.99. The molecule has 3 fully saturated rings. The minimum absolute atomic E-state index is 0.0203. The lowest BCUT2D eigenvalue weighted by Crippen LogP contribution is -2.47. The lowest BCUT2D eigenvalue weighted by molar-refractivity contribution is -0.121. The number of nitrogens with zero attached hydrogens (tertiary/aromatic N) is 1. The first-order valence-corrected chi connectivity index (χ1v) is 6.85. The zero-order valence-electron chi connectivity index (χ0n) is 10.3. The molecule has 94 valence electrons. The van der Waals surface area contributed by atoms with Crippen molar-refractivity contribution in [3.05, 3.63) is 35.4 Å². The molecule has 3 heteroatoms. The average Bonchev–Trinajstić information content (AvgIpc) is 2.56. The molecule has 5 rings (SSSR count). The van der Waals surface area contributed by atoms with Crippen molar-refractivity contribution in [2.45, 2.75) is 31.4 Å². The number of aliphatic hydroxyl groups is 1. The first kappa shape index (κ1) is 10.6. The Hall–Kier alpha value is -1.35. The van der Waals surface area contributed by atoms with Gasteiger partial charge >= 0.3 is 0 Å². The number of benzene rings is 1. The molecule has 0 spiro atoms. The molecule has 1 aromatic rings. The van der Waals surface area contributed by atoms with Crippen molar-refractivity contribution in [1.29, 1.82) is 0 Å². The Bertz CT molecular complexity index is 519. The fraction of sp³-hybridized carbons (Fsp3) is 0.533. The van der Waals surface area contributed by atoms with Crippen molar-refractivity contribution in [1.82, 2.24) is 4.90 Å². The molecular formula is C15H17NO2. The summed E-state index contributed by atoms with van der Waals surface area (Å²) in [5.41, 5.74) is 0.508. The van der Waals surface area contributed by atoms with E-state index in [2.05, 4.69) is 0 Å². The van der Waals surface area contributed by atoms with Crippen LogP contribution in [0.5, 0.6) is 0 Å². The molecule has 2 saturated heterocycles. The normalized spacial score (nSPS) is 37.4. The topological polar surface area (TPSA) is 40.5 Å². The van der Waals surface area contributed by atoms with Crippen LogP contribution in [0.3, 0.4) is 0 Å². The lowest BCUT2D eigenvalue weighted by Gasteiger charge is -2.37. The third-order valence-electron chi connectivity index (χ3n) is 5.07. The Morgan fingerprint density at radius 2 is 1.89 bits per heavy atom. The smallest absolute Gasteiger partial charge is 0.256 e. The number of amides is 1. The van der Waals surface area contributed by atoms with Gasteiger partial charge in [0.2, 0.25) is 0 Å². The van der Waals surface area contributed by atoms with Crippen LogP contribution in [0.25, 0.3) is 0 Å². The molecule has 4 aliphatic rings. The molecule has 3 nitrogen and oxygen atoms in total. The SMILES string of the molecule is O=C1c2ccccc2C2(O)C3CCC(CC3)CN12. The van der Waals surface area contributed by atoms with Crippen LogP contribution in [-0.2, 0) is 5.72 Å². The molecule has 3 heterocycles. The van der Waals surface area contributed by atoms with Gasteiger partial charge in [0, 0.05) is 23.6 Å². The van der Waals surface area contributed by atoms with E-state index < -0.39 is 5.72 Å². The highest BCUT2D eigenvalue weighted by Crippen LogP contribution is 2.51. The summed E-state index contributed by atoms with van der Waals surface area (Å²) < 4.78 is 0. The van der Waals surface area contributed by atoms with E-state index in [0.29, 0.717) is 11.5 Å². The second-order valence-corrected chi connectivity index (χ2v) is 5.91. The molecule has 1 aromatic carbocycles. The Morgan fingerprint density at radius 1 is 1.17 bits per heavy atom. The zero-order chi connectivity index (χ0) is 12.3. The van der Waals surface area contributed by atoms with E-state index in [4.69, 9.17) is 0 Å².